The second-order valence-corrected chi connectivity index (χ2v) is 5.25. The van der Waals surface area contributed by atoms with Crippen molar-refractivity contribution < 1.29 is 19.0 Å². The molecule has 0 aliphatic carbocycles. The smallest absolute Gasteiger partial charge is 0.315 e. The van der Waals surface area contributed by atoms with Crippen LogP contribution in [-0.4, -0.2) is 32.4 Å². The highest BCUT2D eigenvalue weighted by molar-refractivity contribution is 5.73. The first-order valence-electron chi connectivity index (χ1n) is 7.89. The van der Waals surface area contributed by atoms with Crippen LogP contribution in [0.15, 0.2) is 48.5 Å². The molecule has 24 heavy (non-hydrogen) atoms. The van der Waals surface area contributed by atoms with E-state index in [0.717, 1.165) is 22.8 Å². The summed E-state index contributed by atoms with van der Waals surface area (Å²) in [6.45, 7) is 2.38. The van der Waals surface area contributed by atoms with Crippen molar-refractivity contribution in [2.45, 2.75) is 6.54 Å². The van der Waals surface area contributed by atoms with E-state index < -0.39 is 0 Å². The summed E-state index contributed by atoms with van der Waals surface area (Å²) in [6, 6.07) is 14.9. The molecule has 0 bridgehead atoms. The third kappa shape index (κ3) is 4.55. The largest absolute Gasteiger partial charge is 0.492 e. The topological polar surface area (TPSA) is 68.8 Å². The molecule has 0 spiro atoms. The maximum atomic E-state index is 11.8. The highest BCUT2D eigenvalue weighted by Gasteiger charge is 2.11. The Labute approximate surface area is 140 Å². The Morgan fingerprint density at radius 1 is 1.00 bits per heavy atom. The summed E-state index contributed by atoms with van der Waals surface area (Å²) >= 11 is 0. The van der Waals surface area contributed by atoms with Gasteiger partial charge in [-0.05, 0) is 29.8 Å². The SMILES string of the molecule is O=C(NCCOc1ccccc1)NCc1ccc2c(c1)OCCO2. The van der Waals surface area contributed by atoms with E-state index in [2.05, 4.69) is 10.6 Å². The van der Waals surface area contributed by atoms with Gasteiger partial charge in [-0.3, -0.25) is 0 Å². The Kier molecular flexibility index (Phi) is 5.40. The summed E-state index contributed by atoms with van der Waals surface area (Å²) < 4.78 is 16.5. The van der Waals surface area contributed by atoms with Crippen molar-refractivity contribution in [3.05, 3.63) is 54.1 Å². The minimum atomic E-state index is -0.235. The predicted molar refractivity (Wildman–Crippen MR) is 89.6 cm³/mol. The molecule has 0 radical (unpaired) electrons. The van der Waals surface area contributed by atoms with Crippen LogP contribution in [0.5, 0.6) is 17.2 Å². The van der Waals surface area contributed by atoms with Gasteiger partial charge < -0.3 is 24.8 Å². The molecule has 1 heterocycles. The van der Waals surface area contributed by atoms with Crippen molar-refractivity contribution in [2.75, 3.05) is 26.4 Å². The van der Waals surface area contributed by atoms with Crippen LogP contribution in [0.4, 0.5) is 4.79 Å². The quantitative estimate of drug-likeness (QED) is 0.799. The summed E-state index contributed by atoms with van der Waals surface area (Å²) in [6.07, 6.45) is 0. The number of benzene rings is 2. The van der Waals surface area contributed by atoms with Gasteiger partial charge in [-0.2, -0.15) is 0 Å². The van der Waals surface area contributed by atoms with Crippen LogP contribution in [0.2, 0.25) is 0 Å². The lowest BCUT2D eigenvalue weighted by atomic mass is 10.2. The Bertz CT molecular complexity index is 676. The fourth-order valence-corrected chi connectivity index (χ4v) is 2.29. The van der Waals surface area contributed by atoms with Crippen molar-refractivity contribution >= 4 is 6.03 Å². The number of para-hydroxylation sites is 1. The van der Waals surface area contributed by atoms with Gasteiger partial charge in [0.15, 0.2) is 11.5 Å². The molecule has 3 rings (SSSR count). The number of nitrogens with one attached hydrogen (secondary N) is 2. The summed E-state index contributed by atoms with van der Waals surface area (Å²) in [5, 5.41) is 5.56. The van der Waals surface area contributed by atoms with Gasteiger partial charge in [-0.15, -0.1) is 0 Å². The van der Waals surface area contributed by atoms with Gasteiger partial charge in [0.05, 0.1) is 6.54 Å². The number of amides is 2. The normalized spacial score (nSPS) is 12.3. The Balaban J connectivity index is 1.36. The van der Waals surface area contributed by atoms with Gasteiger partial charge in [0.25, 0.3) is 0 Å². The minimum Gasteiger partial charge on any atom is -0.492 e. The number of carbonyl (C=O) groups excluding carboxylic acids is 1. The Hall–Kier alpha value is -2.89. The zero-order valence-electron chi connectivity index (χ0n) is 13.3. The molecule has 0 aromatic heterocycles. The average Bonchev–Trinajstić information content (AvgIpc) is 2.64. The highest BCUT2D eigenvalue weighted by atomic mass is 16.6. The fraction of sp³-hybridized carbons (Fsp3) is 0.278. The van der Waals surface area contributed by atoms with Crippen LogP contribution in [-0.2, 0) is 6.54 Å². The van der Waals surface area contributed by atoms with Crippen LogP contribution in [0.1, 0.15) is 5.56 Å². The molecule has 126 valence electrons. The lowest BCUT2D eigenvalue weighted by Gasteiger charge is -2.19. The van der Waals surface area contributed by atoms with Gasteiger partial charge >= 0.3 is 6.03 Å². The number of hydrogen-bond acceptors (Lipinski definition) is 4. The van der Waals surface area contributed by atoms with Crippen molar-refractivity contribution in [2.24, 2.45) is 0 Å². The van der Waals surface area contributed by atoms with Crippen molar-refractivity contribution in [1.29, 1.82) is 0 Å². The third-order valence-electron chi connectivity index (χ3n) is 3.46. The van der Waals surface area contributed by atoms with Gasteiger partial charge in [0.1, 0.15) is 25.6 Å². The average molecular weight is 328 g/mol. The van der Waals surface area contributed by atoms with Crippen LogP contribution in [0, 0.1) is 0 Å². The van der Waals surface area contributed by atoms with Crippen molar-refractivity contribution in [1.82, 2.24) is 10.6 Å². The second kappa shape index (κ2) is 8.10. The van der Waals surface area contributed by atoms with Crippen molar-refractivity contribution in [3.8, 4) is 17.2 Å². The molecule has 2 N–H and O–H groups in total. The number of urea groups is 1. The zero-order chi connectivity index (χ0) is 16.6. The summed E-state index contributed by atoms with van der Waals surface area (Å²) in [7, 11) is 0. The van der Waals surface area contributed by atoms with Gasteiger partial charge in [-0.25, -0.2) is 4.79 Å². The Morgan fingerprint density at radius 3 is 2.62 bits per heavy atom. The molecule has 2 amide bonds. The molecule has 0 saturated heterocycles. The highest BCUT2D eigenvalue weighted by Crippen LogP contribution is 2.30. The summed E-state index contributed by atoms with van der Waals surface area (Å²) in [5.41, 5.74) is 0.954. The van der Waals surface area contributed by atoms with Gasteiger partial charge in [0, 0.05) is 6.54 Å². The fourth-order valence-electron chi connectivity index (χ4n) is 2.29. The standard InChI is InChI=1S/C18H20N2O4/c21-18(19-8-9-22-15-4-2-1-3-5-15)20-13-14-6-7-16-17(12-14)24-11-10-23-16/h1-7,12H,8-11,13H2,(H2,19,20,21). The molecular formula is C18H20N2O4. The van der Waals surface area contributed by atoms with E-state index in [1.165, 1.54) is 0 Å². The number of carbonyl (C=O) groups is 1. The van der Waals surface area contributed by atoms with E-state index in [4.69, 9.17) is 14.2 Å². The molecule has 6 heteroatoms. The van der Waals surface area contributed by atoms with Crippen LogP contribution in [0.3, 0.4) is 0 Å². The van der Waals surface area contributed by atoms with Gasteiger partial charge in [-0.1, -0.05) is 24.3 Å². The molecule has 6 nitrogen and oxygen atoms in total. The van der Waals surface area contributed by atoms with E-state index in [9.17, 15) is 4.79 Å². The van der Waals surface area contributed by atoms with E-state index in [1.54, 1.807) is 0 Å². The lowest BCUT2D eigenvalue weighted by molar-refractivity contribution is 0.171. The molecule has 2 aromatic carbocycles. The minimum absolute atomic E-state index is 0.235. The number of ether oxygens (including phenoxy) is 3. The summed E-state index contributed by atoms with van der Waals surface area (Å²) in [4.78, 5) is 11.8. The molecule has 0 fully saturated rings. The monoisotopic (exact) mass is 328 g/mol. The molecule has 2 aromatic rings. The summed E-state index contributed by atoms with van der Waals surface area (Å²) in [5.74, 6) is 2.25. The number of hydrogen-bond donors (Lipinski definition) is 2. The zero-order valence-corrected chi connectivity index (χ0v) is 13.3. The van der Waals surface area contributed by atoms with Crippen molar-refractivity contribution in [3.63, 3.8) is 0 Å². The molecule has 0 saturated carbocycles. The maximum Gasteiger partial charge on any atom is 0.315 e. The Morgan fingerprint density at radius 2 is 1.79 bits per heavy atom. The molecule has 0 atom stereocenters. The third-order valence-corrected chi connectivity index (χ3v) is 3.46. The second-order valence-electron chi connectivity index (χ2n) is 5.25. The van der Waals surface area contributed by atoms with Crippen LogP contribution >= 0.6 is 0 Å². The first-order chi connectivity index (χ1) is 11.8. The van der Waals surface area contributed by atoms with E-state index in [-0.39, 0.29) is 6.03 Å². The predicted octanol–water partition coefficient (Wildman–Crippen LogP) is 2.34. The van der Waals surface area contributed by atoms with Crippen LogP contribution < -0.4 is 24.8 Å². The first kappa shape index (κ1) is 16.0. The molecule has 1 aliphatic rings. The van der Waals surface area contributed by atoms with E-state index in [0.29, 0.717) is 32.9 Å². The molecule has 1 aliphatic heterocycles. The first-order valence-corrected chi connectivity index (χ1v) is 7.89. The van der Waals surface area contributed by atoms with Crippen LogP contribution in [0.25, 0.3) is 0 Å². The molecular weight excluding hydrogens is 308 g/mol. The van der Waals surface area contributed by atoms with E-state index in [1.807, 2.05) is 48.5 Å². The van der Waals surface area contributed by atoms with E-state index >= 15 is 0 Å². The lowest BCUT2D eigenvalue weighted by Crippen LogP contribution is -2.37. The van der Waals surface area contributed by atoms with Gasteiger partial charge in [0.2, 0.25) is 0 Å². The number of fused-ring (bicyclic) bond motifs is 1. The molecule has 0 unspecified atom stereocenters. The maximum absolute atomic E-state index is 11.8. The number of rotatable bonds is 6.